The molecule has 0 unspecified atom stereocenters. The van der Waals surface area contributed by atoms with Gasteiger partial charge in [-0.2, -0.15) is 0 Å². The van der Waals surface area contributed by atoms with E-state index in [0.29, 0.717) is 29.4 Å². The Kier molecular flexibility index (Phi) is 6.53. The van der Waals surface area contributed by atoms with Gasteiger partial charge in [0.2, 0.25) is 0 Å². The largest absolute Gasteiger partial charge is 0.495 e. The Morgan fingerprint density at radius 2 is 2.03 bits per heavy atom. The average molecular weight is 448 g/mol. The van der Waals surface area contributed by atoms with E-state index in [4.69, 9.17) is 4.74 Å². The molecule has 0 atom stereocenters. The normalized spacial score (nSPS) is 14.7. The van der Waals surface area contributed by atoms with Crippen molar-refractivity contribution in [3.8, 4) is 11.4 Å². The minimum absolute atomic E-state index is 0.343. The van der Waals surface area contributed by atoms with Gasteiger partial charge < -0.3 is 14.6 Å². The number of amidine groups is 1. The maximum atomic E-state index is 13.3. The van der Waals surface area contributed by atoms with E-state index in [1.54, 1.807) is 26.4 Å². The first-order chi connectivity index (χ1) is 15.9. The smallest absolute Gasteiger partial charge is 0.324 e. The number of carbonyl (C=O) groups is 1. The lowest BCUT2D eigenvalue weighted by Crippen LogP contribution is -2.37. The van der Waals surface area contributed by atoms with Gasteiger partial charge in [-0.3, -0.25) is 10.3 Å². The minimum Gasteiger partial charge on any atom is -0.495 e. The zero-order valence-corrected chi connectivity index (χ0v) is 18.9. The average Bonchev–Trinajstić information content (AvgIpc) is 3.23. The molecule has 1 aliphatic heterocycles. The highest BCUT2D eigenvalue weighted by atomic mass is 19.1. The molecular weight excluding hydrogens is 421 g/mol. The van der Waals surface area contributed by atoms with Crippen molar-refractivity contribution in [2.24, 2.45) is 4.99 Å². The fourth-order valence-electron chi connectivity index (χ4n) is 3.72. The van der Waals surface area contributed by atoms with Crippen LogP contribution in [0.15, 0.2) is 59.5 Å². The predicted molar refractivity (Wildman–Crippen MR) is 128 cm³/mol. The van der Waals surface area contributed by atoms with Gasteiger partial charge in [-0.05, 0) is 79.8 Å². The standard InChI is InChI=1S/C25H26FN5O2/c1-16-11-20(26)7-8-21(16)29-25(32)30-24-19(5-4-10-27-24)12-18-6-9-22(23(13-18)33-3)31-14-17(2)28-15-31/h6-9,11-15H,4-5,10H2,1-3H3,(H2,27,29,30,32)/b19-12+. The Bertz CT molecular complexity index is 1250. The number of benzene rings is 2. The van der Waals surface area contributed by atoms with Crippen LogP contribution in [0.3, 0.4) is 0 Å². The highest BCUT2D eigenvalue weighted by Crippen LogP contribution is 2.27. The van der Waals surface area contributed by atoms with Crippen molar-refractivity contribution in [3.63, 3.8) is 0 Å². The molecule has 7 nitrogen and oxygen atoms in total. The number of hydrogen-bond donors (Lipinski definition) is 2. The molecule has 3 aromatic rings. The van der Waals surface area contributed by atoms with Crippen LogP contribution in [0.1, 0.15) is 29.7 Å². The number of aryl methyl sites for hydroxylation is 2. The number of nitrogens with one attached hydrogen (secondary N) is 2. The molecule has 0 saturated heterocycles. The molecule has 0 aliphatic carbocycles. The number of imidazole rings is 1. The van der Waals surface area contributed by atoms with E-state index < -0.39 is 6.03 Å². The molecule has 0 bridgehead atoms. The first-order valence-corrected chi connectivity index (χ1v) is 10.7. The van der Waals surface area contributed by atoms with Crippen molar-refractivity contribution in [2.75, 3.05) is 19.0 Å². The molecule has 0 saturated carbocycles. The summed E-state index contributed by atoms with van der Waals surface area (Å²) in [6, 6.07) is 9.73. The summed E-state index contributed by atoms with van der Waals surface area (Å²) in [4.78, 5) is 21.4. The molecule has 33 heavy (non-hydrogen) atoms. The summed E-state index contributed by atoms with van der Waals surface area (Å²) in [6.45, 7) is 4.32. The number of methoxy groups -OCH3 is 1. The van der Waals surface area contributed by atoms with Gasteiger partial charge in [0, 0.05) is 18.4 Å². The molecule has 0 radical (unpaired) electrons. The number of amides is 2. The number of nitrogens with zero attached hydrogens (tertiary/aromatic N) is 3. The molecule has 1 aliphatic rings. The zero-order chi connectivity index (χ0) is 23.4. The summed E-state index contributed by atoms with van der Waals surface area (Å²) in [5.74, 6) is 0.908. The Morgan fingerprint density at radius 3 is 2.76 bits per heavy atom. The molecule has 4 rings (SSSR count). The highest BCUT2D eigenvalue weighted by molar-refractivity contribution is 6.12. The van der Waals surface area contributed by atoms with Crippen molar-refractivity contribution in [3.05, 3.63) is 77.1 Å². The summed E-state index contributed by atoms with van der Waals surface area (Å²) >= 11 is 0. The van der Waals surface area contributed by atoms with Crippen LogP contribution in [-0.2, 0) is 0 Å². The fourth-order valence-corrected chi connectivity index (χ4v) is 3.72. The summed E-state index contributed by atoms with van der Waals surface area (Å²) < 4.78 is 20.8. The number of anilines is 1. The molecule has 1 aromatic heterocycles. The molecular formula is C25H26FN5O2. The molecule has 2 aromatic carbocycles. The number of hydrogen-bond acceptors (Lipinski definition) is 4. The second-order valence-electron chi connectivity index (χ2n) is 7.90. The number of urea groups is 1. The van der Waals surface area contributed by atoms with Crippen LogP contribution in [0, 0.1) is 19.7 Å². The molecule has 2 N–H and O–H groups in total. The van der Waals surface area contributed by atoms with E-state index in [1.165, 1.54) is 12.1 Å². The number of rotatable bonds is 4. The summed E-state index contributed by atoms with van der Waals surface area (Å²) in [6.07, 6.45) is 7.39. The van der Waals surface area contributed by atoms with Crippen LogP contribution in [0.2, 0.25) is 0 Å². The van der Waals surface area contributed by atoms with E-state index >= 15 is 0 Å². The summed E-state index contributed by atoms with van der Waals surface area (Å²) in [7, 11) is 1.64. The predicted octanol–water partition coefficient (Wildman–Crippen LogP) is 5.03. The highest BCUT2D eigenvalue weighted by Gasteiger charge is 2.16. The van der Waals surface area contributed by atoms with Crippen LogP contribution >= 0.6 is 0 Å². The summed E-state index contributed by atoms with van der Waals surface area (Å²) in [5.41, 5.74) is 4.88. The van der Waals surface area contributed by atoms with Crippen LogP contribution in [0.4, 0.5) is 14.9 Å². The van der Waals surface area contributed by atoms with Crippen LogP contribution in [-0.4, -0.2) is 35.1 Å². The lowest BCUT2D eigenvalue weighted by atomic mass is 10.0. The minimum atomic E-state index is -0.417. The monoisotopic (exact) mass is 447 g/mol. The van der Waals surface area contributed by atoms with Crippen molar-refractivity contribution in [1.29, 1.82) is 0 Å². The SMILES string of the molecule is COc1cc(/C=C2\CCCN=C2NC(=O)Nc2ccc(F)cc2C)ccc1-n1cnc(C)c1. The maximum absolute atomic E-state index is 13.3. The van der Waals surface area contributed by atoms with Crippen molar-refractivity contribution >= 4 is 23.6 Å². The maximum Gasteiger partial charge on any atom is 0.324 e. The third kappa shape index (κ3) is 5.28. The molecule has 2 amide bonds. The van der Waals surface area contributed by atoms with Gasteiger partial charge in [0.15, 0.2) is 0 Å². The third-order valence-corrected chi connectivity index (χ3v) is 5.38. The molecule has 2 heterocycles. The molecule has 170 valence electrons. The van der Waals surface area contributed by atoms with E-state index in [9.17, 15) is 9.18 Å². The number of aliphatic imine (C=N–C) groups is 1. The van der Waals surface area contributed by atoms with Gasteiger partial charge in [0.1, 0.15) is 17.4 Å². The van der Waals surface area contributed by atoms with E-state index in [2.05, 4.69) is 20.6 Å². The van der Waals surface area contributed by atoms with Crippen molar-refractivity contribution < 1.29 is 13.9 Å². The van der Waals surface area contributed by atoms with Gasteiger partial charge in [-0.25, -0.2) is 14.2 Å². The first kappa shape index (κ1) is 22.3. The quantitative estimate of drug-likeness (QED) is 0.588. The van der Waals surface area contributed by atoms with Gasteiger partial charge >= 0.3 is 6.03 Å². The first-order valence-electron chi connectivity index (χ1n) is 10.7. The van der Waals surface area contributed by atoms with Gasteiger partial charge in [-0.1, -0.05) is 6.07 Å². The summed E-state index contributed by atoms with van der Waals surface area (Å²) in [5, 5.41) is 5.60. The molecule has 0 fully saturated rings. The van der Waals surface area contributed by atoms with Crippen LogP contribution in [0.25, 0.3) is 11.8 Å². The van der Waals surface area contributed by atoms with Crippen molar-refractivity contribution in [1.82, 2.24) is 14.9 Å². The molecule has 0 spiro atoms. The fraction of sp³-hybridized carbons (Fsp3) is 0.240. The lowest BCUT2D eigenvalue weighted by Gasteiger charge is -2.18. The second kappa shape index (κ2) is 9.68. The van der Waals surface area contributed by atoms with E-state index in [-0.39, 0.29) is 5.82 Å². The van der Waals surface area contributed by atoms with E-state index in [1.807, 2.05) is 42.0 Å². The topological polar surface area (TPSA) is 80.5 Å². The van der Waals surface area contributed by atoms with Gasteiger partial charge in [-0.15, -0.1) is 0 Å². The number of aromatic nitrogens is 2. The second-order valence-corrected chi connectivity index (χ2v) is 7.90. The van der Waals surface area contributed by atoms with Crippen molar-refractivity contribution in [2.45, 2.75) is 26.7 Å². The van der Waals surface area contributed by atoms with Crippen LogP contribution in [0.5, 0.6) is 5.75 Å². The Hall–Kier alpha value is -3.94. The Labute approximate surface area is 192 Å². The van der Waals surface area contributed by atoms with Gasteiger partial charge in [0.05, 0.1) is 24.8 Å². The zero-order valence-electron chi connectivity index (χ0n) is 18.9. The number of ether oxygens (including phenoxy) is 1. The van der Waals surface area contributed by atoms with Crippen LogP contribution < -0.4 is 15.4 Å². The van der Waals surface area contributed by atoms with Gasteiger partial charge in [0.25, 0.3) is 0 Å². The number of halogens is 1. The Balaban J connectivity index is 1.53. The van der Waals surface area contributed by atoms with E-state index in [0.717, 1.165) is 35.4 Å². The number of carbonyl (C=O) groups excluding carboxylic acids is 1. The third-order valence-electron chi connectivity index (χ3n) is 5.38. The lowest BCUT2D eigenvalue weighted by molar-refractivity contribution is 0.256. The molecule has 8 heteroatoms. The Morgan fingerprint density at radius 1 is 1.18 bits per heavy atom.